The van der Waals surface area contributed by atoms with Crippen LogP contribution in [-0.4, -0.2) is 46.0 Å². The van der Waals surface area contributed by atoms with Crippen molar-refractivity contribution in [3.63, 3.8) is 0 Å². The van der Waals surface area contributed by atoms with Crippen LogP contribution in [0.15, 0.2) is 29.3 Å². The molecule has 1 atom stereocenters. The molecule has 160 valence electrons. The number of nitriles is 1. The molecule has 1 aromatic carbocycles. The van der Waals surface area contributed by atoms with E-state index in [1.54, 1.807) is 6.07 Å². The minimum Gasteiger partial charge on any atom is -0.382 e. The number of anilines is 2. The van der Waals surface area contributed by atoms with Crippen LogP contribution in [0.25, 0.3) is 10.9 Å². The maximum atomic E-state index is 13.8. The Hall–Kier alpha value is -3.55. The summed E-state index contributed by atoms with van der Waals surface area (Å²) in [6.07, 6.45) is 1.28. The molecule has 3 heterocycles. The van der Waals surface area contributed by atoms with Crippen molar-refractivity contribution >= 4 is 22.5 Å². The molecule has 0 amide bonds. The summed E-state index contributed by atoms with van der Waals surface area (Å²) in [6, 6.07) is 5.74. The molecular formula is C21H23FN8O. The Morgan fingerprint density at radius 2 is 2.13 bits per heavy atom. The zero-order chi connectivity index (χ0) is 22.0. The van der Waals surface area contributed by atoms with Crippen molar-refractivity contribution in [2.24, 2.45) is 0 Å². The maximum absolute atomic E-state index is 13.8. The van der Waals surface area contributed by atoms with Crippen LogP contribution in [0.3, 0.4) is 0 Å². The van der Waals surface area contributed by atoms with Crippen LogP contribution in [0.4, 0.5) is 16.0 Å². The fourth-order valence-electron chi connectivity index (χ4n) is 3.83. The van der Waals surface area contributed by atoms with Crippen molar-refractivity contribution in [1.82, 2.24) is 25.2 Å². The number of aromatic amines is 1. The average molecular weight is 422 g/mol. The number of aromatic nitrogens is 3. The van der Waals surface area contributed by atoms with E-state index in [1.807, 2.05) is 13.0 Å². The lowest BCUT2D eigenvalue weighted by Gasteiger charge is -2.28. The van der Waals surface area contributed by atoms with Crippen molar-refractivity contribution in [2.45, 2.75) is 19.5 Å². The number of halogens is 1. The molecule has 2 aromatic heterocycles. The standard InChI is InChI=1S/C21H23FN8O/c1-12(28-21-15(9-23)20(24)26-11-27-21)18-16(10-30-6-4-25-5-7-30)19(31)14-8-13(22)2-3-17(14)29-18/h2-3,8,11-12,25H,4-7,10H2,1H3,(H,29,31)(H3,24,26,27,28). The summed E-state index contributed by atoms with van der Waals surface area (Å²) >= 11 is 0. The Labute approximate surface area is 178 Å². The summed E-state index contributed by atoms with van der Waals surface area (Å²) in [7, 11) is 0. The van der Waals surface area contributed by atoms with Gasteiger partial charge in [-0.1, -0.05) is 0 Å². The topological polar surface area (TPSA) is 136 Å². The first-order valence-corrected chi connectivity index (χ1v) is 10.0. The van der Waals surface area contributed by atoms with Crippen LogP contribution in [0.1, 0.15) is 29.8 Å². The van der Waals surface area contributed by atoms with E-state index in [9.17, 15) is 14.4 Å². The summed E-state index contributed by atoms with van der Waals surface area (Å²) in [5.41, 5.74) is 7.48. The zero-order valence-corrected chi connectivity index (χ0v) is 17.1. The second-order valence-corrected chi connectivity index (χ2v) is 7.52. The Morgan fingerprint density at radius 1 is 1.35 bits per heavy atom. The van der Waals surface area contributed by atoms with Gasteiger partial charge in [0.25, 0.3) is 0 Å². The molecule has 31 heavy (non-hydrogen) atoms. The van der Waals surface area contributed by atoms with Crippen LogP contribution < -0.4 is 21.8 Å². The number of nitrogens with zero attached hydrogens (tertiary/aromatic N) is 4. The highest BCUT2D eigenvalue weighted by atomic mass is 19.1. The number of nitrogen functional groups attached to an aromatic ring is 1. The fraction of sp³-hybridized carbons (Fsp3) is 0.333. The first-order valence-electron chi connectivity index (χ1n) is 10.0. The lowest BCUT2D eigenvalue weighted by atomic mass is 10.0. The van der Waals surface area contributed by atoms with Gasteiger partial charge in [0.05, 0.1) is 6.04 Å². The molecule has 3 aromatic rings. The minimum absolute atomic E-state index is 0.0794. The predicted octanol–water partition coefficient (Wildman–Crippen LogP) is 1.49. The highest BCUT2D eigenvalue weighted by Crippen LogP contribution is 2.25. The molecule has 9 nitrogen and oxygen atoms in total. The summed E-state index contributed by atoms with van der Waals surface area (Å²) in [5, 5.41) is 16.2. The number of nitrogens with one attached hydrogen (secondary N) is 3. The third-order valence-corrected chi connectivity index (χ3v) is 5.46. The number of pyridine rings is 1. The lowest BCUT2D eigenvalue weighted by molar-refractivity contribution is 0.231. The van der Waals surface area contributed by atoms with Gasteiger partial charge in [0, 0.05) is 54.9 Å². The quantitative estimate of drug-likeness (QED) is 0.486. The first kappa shape index (κ1) is 20.7. The lowest BCUT2D eigenvalue weighted by Crippen LogP contribution is -2.44. The van der Waals surface area contributed by atoms with Crippen molar-refractivity contribution in [3.8, 4) is 6.07 Å². The molecule has 4 rings (SSSR count). The van der Waals surface area contributed by atoms with E-state index in [0.29, 0.717) is 28.7 Å². The zero-order valence-electron chi connectivity index (χ0n) is 17.1. The first-order chi connectivity index (χ1) is 15.0. The van der Waals surface area contributed by atoms with Crippen molar-refractivity contribution < 1.29 is 4.39 Å². The number of hydrogen-bond acceptors (Lipinski definition) is 8. The van der Waals surface area contributed by atoms with E-state index in [1.165, 1.54) is 18.5 Å². The summed E-state index contributed by atoms with van der Waals surface area (Å²) in [5.74, 6) is -0.0911. The van der Waals surface area contributed by atoms with Crippen molar-refractivity contribution in [1.29, 1.82) is 5.26 Å². The Bertz CT molecular complexity index is 1210. The van der Waals surface area contributed by atoms with E-state index in [-0.39, 0.29) is 22.6 Å². The molecule has 0 aliphatic carbocycles. The molecule has 5 N–H and O–H groups in total. The fourth-order valence-corrected chi connectivity index (χ4v) is 3.83. The largest absolute Gasteiger partial charge is 0.382 e. The Morgan fingerprint density at radius 3 is 2.87 bits per heavy atom. The van der Waals surface area contributed by atoms with Gasteiger partial charge in [0.15, 0.2) is 5.43 Å². The molecule has 0 spiro atoms. The Kier molecular flexibility index (Phi) is 5.79. The van der Waals surface area contributed by atoms with Gasteiger partial charge in [0.2, 0.25) is 0 Å². The van der Waals surface area contributed by atoms with Gasteiger partial charge in [-0.15, -0.1) is 0 Å². The monoisotopic (exact) mass is 422 g/mol. The minimum atomic E-state index is -0.458. The third kappa shape index (κ3) is 4.19. The van der Waals surface area contributed by atoms with E-state index < -0.39 is 11.9 Å². The summed E-state index contributed by atoms with van der Waals surface area (Å²) in [6.45, 7) is 5.60. The van der Waals surface area contributed by atoms with E-state index in [4.69, 9.17) is 5.73 Å². The number of nitrogens with two attached hydrogens (primary N) is 1. The van der Waals surface area contributed by atoms with Crippen molar-refractivity contribution in [2.75, 3.05) is 37.2 Å². The number of benzene rings is 1. The molecule has 0 radical (unpaired) electrons. The molecule has 10 heteroatoms. The number of fused-ring (bicyclic) bond motifs is 1. The van der Waals surface area contributed by atoms with Gasteiger partial charge < -0.3 is 21.4 Å². The van der Waals surface area contributed by atoms with Crippen LogP contribution in [0.2, 0.25) is 0 Å². The molecular weight excluding hydrogens is 399 g/mol. The average Bonchev–Trinajstić information content (AvgIpc) is 2.77. The van der Waals surface area contributed by atoms with Crippen LogP contribution in [0.5, 0.6) is 0 Å². The van der Waals surface area contributed by atoms with Crippen LogP contribution in [-0.2, 0) is 6.54 Å². The molecule has 1 fully saturated rings. The highest BCUT2D eigenvalue weighted by molar-refractivity contribution is 5.79. The predicted molar refractivity (Wildman–Crippen MR) is 116 cm³/mol. The third-order valence-electron chi connectivity index (χ3n) is 5.46. The maximum Gasteiger partial charge on any atom is 0.194 e. The van der Waals surface area contributed by atoms with Gasteiger partial charge in [-0.3, -0.25) is 9.69 Å². The van der Waals surface area contributed by atoms with Crippen molar-refractivity contribution in [3.05, 3.63) is 57.4 Å². The van der Waals surface area contributed by atoms with E-state index >= 15 is 0 Å². The van der Waals surface area contributed by atoms with Gasteiger partial charge in [0.1, 0.15) is 35.4 Å². The normalized spacial score (nSPS) is 15.5. The van der Waals surface area contributed by atoms with Gasteiger partial charge in [-0.05, 0) is 25.1 Å². The Balaban J connectivity index is 1.78. The van der Waals surface area contributed by atoms with E-state index in [2.05, 4.69) is 30.5 Å². The van der Waals surface area contributed by atoms with Crippen LogP contribution >= 0.6 is 0 Å². The van der Waals surface area contributed by atoms with Gasteiger partial charge in [-0.25, -0.2) is 14.4 Å². The molecule has 1 aliphatic heterocycles. The number of piperazine rings is 1. The smallest absolute Gasteiger partial charge is 0.194 e. The summed E-state index contributed by atoms with van der Waals surface area (Å²) in [4.78, 5) is 26.8. The van der Waals surface area contributed by atoms with Gasteiger partial charge in [-0.2, -0.15) is 5.26 Å². The molecule has 1 unspecified atom stereocenters. The van der Waals surface area contributed by atoms with Gasteiger partial charge >= 0.3 is 0 Å². The summed E-state index contributed by atoms with van der Waals surface area (Å²) < 4.78 is 13.8. The SMILES string of the molecule is CC(Nc1ncnc(N)c1C#N)c1[nH]c2ccc(F)cc2c(=O)c1CN1CCNCC1. The number of H-pyrrole nitrogens is 1. The van der Waals surface area contributed by atoms with Crippen LogP contribution in [0, 0.1) is 17.1 Å². The number of hydrogen-bond donors (Lipinski definition) is 4. The molecule has 0 bridgehead atoms. The highest BCUT2D eigenvalue weighted by Gasteiger charge is 2.22. The molecule has 1 saturated heterocycles. The molecule has 0 saturated carbocycles. The van der Waals surface area contributed by atoms with E-state index in [0.717, 1.165) is 26.2 Å². The second kappa shape index (κ2) is 8.67. The number of rotatable bonds is 5. The second-order valence-electron chi connectivity index (χ2n) is 7.52. The molecule has 1 aliphatic rings.